The van der Waals surface area contributed by atoms with Crippen LogP contribution in [0.5, 0.6) is 0 Å². The lowest BCUT2D eigenvalue weighted by Crippen LogP contribution is -2.17. The van der Waals surface area contributed by atoms with Crippen LogP contribution in [0.4, 0.5) is 4.39 Å². The fourth-order valence-corrected chi connectivity index (χ4v) is 2.55. The van der Waals surface area contributed by atoms with Crippen molar-refractivity contribution >= 4 is 11.6 Å². The molecule has 0 fully saturated rings. The molecule has 1 N–H and O–H groups in total. The van der Waals surface area contributed by atoms with E-state index in [2.05, 4.69) is 12.2 Å². The third-order valence-corrected chi connectivity index (χ3v) is 3.76. The van der Waals surface area contributed by atoms with Crippen LogP contribution in [0.2, 0.25) is 5.02 Å². The molecule has 3 heteroatoms. The van der Waals surface area contributed by atoms with Crippen molar-refractivity contribution in [2.75, 3.05) is 7.05 Å². The van der Waals surface area contributed by atoms with Crippen LogP contribution in [-0.2, 0) is 0 Å². The summed E-state index contributed by atoms with van der Waals surface area (Å²) in [5, 5.41) is 3.79. The Labute approximate surface area is 121 Å². The van der Waals surface area contributed by atoms with Crippen LogP contribution in [0.15, 0.2) is 18.2 Å². The first-order valence-electron chi connectivity index (χ1n) is 7.31. The molecule has 0 bridgehead atoms. The van der Waals surface area contributed by atoms with Crippen molar-refractivity contribution < 1.29 is 4.39 Å². The summed E-state index contributed by atoms with van der Waals surface area (Å²) in [6, 6.07) is 4.83. The molecular formula is C16H25ClFN. The van der Waals surface area contributed by atoms with Crippen LogP contribution in [-0.4, -0.2) is 7.05 Å². The van der Waals surface area contributed by atoms with Gasteiger partial charge in [-0.3, -0.25) is 0 Å². The highest BCUT2D eigenvalue weighted by atomic mass is 35.5. The van der Waals surface area contributed by atoms with Crippen molar-refractivity contribution in [3.8, 4) is 0 Å². The first-order valence-corrected chi connectivity index (χ1v) is 7.69. The number of hydrogen-bond donors (Lipinski definition) is 1. The zero-order chi connectivity index (χ0) is 14.1. The first-order chi connectivity index (χ1) is 9.19. The molecule has 0 saturated heterocycles. The Morgan fingerprint density at radius 3 is 2.53 bits per heavy atom. The van der Waals surface area contributed by atoms with Gasteiger partial charge in [0.2, 0.25) is 0 Å². The van der Waals surface area contributed by atoms with Crippen molar-refractivity contribution in [3.05, 3.63) is 34.6 Å². The Morgan fingerprint density at radius 1 is 1.16 bits per heavy atom. The van der Waals surface area contributed by atoms with Gasteiger partial charge in [0.25, 0.3) is 0 Å². The molecule has 1 atom stereocenters. The minimum absolute atomic E-state index is 0.0601. The summed E-state index contributed by atoms with van der Waals surface area (Å²) in [6.45, 7) is 2.22. The van der Waals surface area contributed by atoms with Crippen molar-refractivity contribution in [2.45, 2.75) is 57.9 Å². The molecule has 0 saturated carbocycles. The zero-order valence-electron chi connectivity index (χ0n) is 12.0. The molecule has 0 aromatic heterocycles. The lowest BCUT2D eigenvalue weighted by atomic mass is 9.99. The van der Waals surface area contributed by atoms with Gasteiger partial charge < -0.3 is 5.32 Å². The highest BCUT2D eigenvalue weighted by Crippen LogP contribution is 2.25. The van der Waals surface area contributed by atoms with Gasteiger partial charge in [0.15, 0.2) is 0 Å². The van der Waals surface area contributed by atoms with E-state index < -0.39 is 0 Å². The van der Waals surface area contributed by atoms with Gasteiger partial charge in [-0.25, -0.2) is 4.39 Å². The largest absolute Gasteiger partial charge is 0.313 e. The molecule has 1 aromatic carbocycles. The number of nitrogens with one attached hydrogen (secondary N) is 1. The maximum atomic E-state index is 13.8. The monoisotopic (exact) mass is 285 g/mol. The van der Waals surface area contributed by atoms with Crippen molar-refractivity contribution in [3.63, 3.8) is 0 Å². The number of unbranched alkanes of at least 4 members (excludes halogenated alkanes) is 5. The summed E-state index contributed by atoms with van der Waals surface area (Å²) in [5.74, 6) is -0.172. The van der Waals surface area contributed by atoms with Crippen LogP contribution in [0.3, 0.4) is 0 Å². The second-order valence-electron chi connectivity index (χ2n) is 5.06. The average Bonchev–Trinajstić information content (AvgIpc) is 2.41. The van der Waals surface area contributed by atoms with E-state index in [1.165, 1.54) is 38.2 Å². The van der Waals surface area contributed by atoms with E-state index >= 15 is 0 Å². The predicted molar refractivity (Wildman–Crippen MR) is 81.2 cm³/mol. The number of rotatable bonds is 9. The van der Waals surface area contributed by atoms with E-state index in [9.17, 15) is 4.39 Å². The summed E-state index contributed by atoms with van der Waals surface area (Å²) in [6.07, 6.45) is 8.49. The van der Waals surface area contributed by atoms with Gasteiger partial charge in [0.05, 0.1) is 0 Å². The van der Waals surface area contributed by atoms with E-state index in [1.54, 1.807) is 12.1 Å². The van der Waals surface area contributed by atoms with E-state index in [-0.39, 0.29) is 11.9 Å². The number of halogens is 2. The van der Waals surface area contributed by atoms with Crippen LogP contribution < -0.4 is 5.32 Å². The van der Waals surface area contributed by atoms with Crippen molar-refractivity contribution in [2.24, 2.45) is 0 Å². The number of hydrogen-bond acceptors (Lipinski definition) is 1. The summed E-state index contributed by atoms with van der Waals surface area (Å²) in [7, 11) is 1.88. The zero-order valence-corrected chi connectivity index (χ0v) is 12.8. The Bertz CT molecular complexity index is 368. The second-order valence-corrected chi connectivity index (χ2v) is 5.50. The van der Waals surface area contributed by atoms with Gasteiger partial charge in [-0.15, -0.1) is 0 Å². The molecule has 108 valence electrons. The molecule has 0 amide bonds. The van der Waals surface area contributed by atoms with E-state index in [0.29, 0.717) is 10.6 Å². The number of benzene rings is 1. The standard InChI is InChI=1S/C16H25ClFN/c1-3-4-5-6-7-8-9-16(19-2)14-12-13(17)10-11-15(14)18/h10-12,16,19H,3-9H2,1-2H3. The molecular weight excluding hydrogens is 261 g/mol. The second kappa shape index (κ2) is 9.33. The molecule has 1 rings (SSSR count). The molecule has 0 spiro atoms. The third kappa shape index (κ3) is 5.92. The van der Waals surface area contributed by atoms with Crippen LogP contribution in [0.25, 0.3) is 0 Å². The highest BCUT2D eigenvalue weighted by Gasteiger charge is 2.13. The quantitative estimate of drug-likeness (QED) is 0.592. The lowest BCUT2D eigenvalue weighted by Gasteiger charge is -2.17. The van der Waals surface area contributed by atoms with Gasteiger partial charge in [-0.2, -0.15) is 0 Å². The highest BCUT2D eigenvalue weighted by molar-refractivity contribution is 6.30. The smallest absolute Gasteiger partial charge is 0.128 e. The predicted octanol–water partition coefficient (Wildman–Crippen LogP) is 5.49. The SMILES string of the molecule is CCCCCCCCC(NC)c1cc(Cl)ccc1F. The van der Waals surface area contributed by atoms with Gasteiger partial charge in [0, 0.05) is 16.6 Å². The average molecular weight is 286 g/mol. The van der Waals surface area contributed by atoms with E-state index in [4.69, 9.17) is 11.6 Å². The molecule has 0 aliphatic rings. The molecule has 0 heterocycles. The molecule has 1 aromatic rings. The summed E-state index contributed by atoms with van der Waals surface area (Å²) in [5.41, 5.74) is 0.684. The minimum atomic E-state index is -0.172. The topological polar surface area (TPSA) is 12.0 Å². The molecule has 1 nitrogen and oxygen atoms in total. The summed E-state index contributed by atoms with van der Waals surface area (Å²) >= 11 is 5.94. The summed E-state index contributed by atoms with van der Waals surface area (Å²) < 4.78 is 13.8. The van der Waals surface area contributed by atoms with E-state index in [1.807, 2.05) is 7.05 Å². The molecule has 0 aliphatic carbocycles. The lowest BCUT2D eigenvalue weighted by molar-refractivity contribution is 0.476. The Hall–Kier alpha value is -0.600. The van der Waals surface area contributed by atoms with Crippen LogP contribution in [0, 0.1) is 5.82 Å². The van der Waals surface area contributed by atoms with Crippen LogP contribution >= 0.6 is 11.6 Å². The van der Waals surface area contributed by atoms with Gasteiger partial charge >= 0.3 is 0 Å². The fraction of sp³-hybridized carbons (Fsp3) is 0.625. The van der Waals surface area contributed by atoms with E-state index in [0.717, 1.165) is 12.8 Å². The minimum Gasteiger partial charge on any atom is -0.313 e. The maximum absolute atomic E-state index is 13.8. The van der Waals surface area contributed by atoms with Crippen LogP contribution in [0.1, 0.15) is 63.5 Å². The summed E-state index contributed by atoms with van der Waals surface area (Å²) in [4.78, 5) is 0. The van der Waals surface area contributed by atoms with Crippen molar-refractivity contribution in [1.29, 1.82) is 0 Å². The Morgan fingerprint density at radius 2 is 1.84 bits per heavy atom. The van der Waals surface area contributed by atoms with Gasteiger partial charge in [-0.1, -0.05) is 57.0 Å². The molecule has 19 heavy (non-hydrogen) atoms. The van der Waals surface area contributed by atoms with Gasteiger partial charge in [0.1, 0.15) is 5.82 Å². The first kappa shape index (κ1) is 16.5. The molecule has 1 unspecified atom stereocenters. The third-order valence-electron chi connectivity index (χ3n) is 3.53. The van der Waals surface area contributed by atoms with Gasteiger partial charge in [-0.05, 0) is 31.7 Å². The fourth-order valence-electron chi connectivity index (χ4n) is 2.37. The van der Waals surface area contributed by atoms with Crippen molar-refractivity contribution in [1.82, 2.24) is 5.32 Å². The molecule has 0 radical (unpaired) electrons. The molecule has 0 aliphatic heterocycles. The maximum Gasteiger partial charge on any atom is 0.128 e. The normalized spacial score (nSPS) is 12.6. The Kier molecular flexibility index (Phi) is 8.08. The Balaban J connectivity index is 2.42.